The molecule has 0 spiro atoms. The van der Waals surface area contributed by atoms with Gasteiger partial charge in [0.25, 0.3) is 20.0 Å². The molecule has 11 N–H and O–H groups in total. The van der Waals surface area contributed by atoms with Crippen LogP contribution in [0.25, 0.3) is 11.2 Å². The number of anilines is 1. The van der Waals surface area contributed by atoms with Crippen LogP contribution in [-0.4, -0.2) is 123 Å². The van der Waals surface area contributed by atoms with Gasteiger partial charge in [-0.05, 0) is 18.9 Å². The summed E-state index contributed by atoms with van der Waals surface area (Å²) in [5.41, 5.74) is 11.6. The quantitative estimate of drug-likeness (QED) is 0.0522. The number of hydrogen-bond donors (Lipinski definition) is 9. The molecule has 0 aliphatic carbocycles. The Balaban J connectivity index is 1.17. The number of phosphoric acid groups is 2. The number of phosphoric ester groups is 2. The van der Waals surface area contributed by atoms with E-state index in [0.29, 0.717) is 0 Å². The van der Waals surface area contributed by atoms with Crippen molar-refractivity contribution in [3.05, 3.63) is 42.2 Å². The van der Waals surface area contributed by atoms with Gasteiger partial charge in [-0.2, -0.15) is 4.57 Å². The molecular formula is C25H33N7O17P2. The van der Waals surface area contributed by atoms with E-state index in [1.54, 1.807) is 0 Å². The van der Waals surface area contributed by atoms with E-state index in [2.05, 4.69) is 28.3 Å². The topological polar surface area (TPSA) is 379 Å². The van der Waals surface area contributed by atoms with Crippen molar-refractivity contribution in [2.45, 2.75) is 68.0 Å². The maximum atomic E-state index is 12.5. The molecule has 5 rings (SSSR count). The Morgan fingerprint density at radius 1 is 1.02 bits per heavy atom. The molecule has 11 atom stereocenters. The van der Waals surface area contributed by atoms with Crippen LogP contribution in [0.4, 0.5) is 5.82 Å². The zero-order chi connectivity index (χ0) is 37.4. The summed E-state index contributed by atoms with van der Waals surface area (Å²) in [6, 6.07) is 1.31. The number of amides is 1. The zero-order valence-electron chi connectivity index (χ0n) is 25.9. The summed E-state index contributed by atoms with van der Waals surface area (Å²) in [6.45, 7) is -2.03. The van der Waals surface area contributed by atoms with Gasteiger partial charge in [-0.1, -0.05) is 0 Å². The van der Waals surface area contributed by atoms with Gasteiger partial charge in [0.15, 0.2) is 42.3 Å². The van der Waals surface area contributed by atoms with Crippen molar-refractivity contribution >= 4 is 44.5 Å². The Morgan fingerprint density at radius 2 is 1.69 bits per heavy atom. The highest BCUT2D eigenvalue weighted by Gasteiger charge is 2.50. The highest BCUT2D eigenvalue weighted by Crippen LogP contribution is 2.58. The lowest BCUT2D eigenvalue weighted by Crippen LogP contribution is -2.47. The van der Waals surface area contributed by atoms with Gasteiger partial charge < -0.3 is 65.9 Å². The number of rotatable bonds is 15. The highest BCUT2D eigenvalue weighted by molar-refractivity contribution is 7.60. The number of hydrogen-bond acceptors (Lipinski definition) is 19. The number of nitrogens with two attached hydrogens (primary N) is 2. The molecule has 24 nitrogen and oxygen atoms in total. The third-order valence-corrected chi connectivity index (χ3v) is 10.4. The molecule has 2 fully saturated rings. The van der Waals surface area contributed by atoms with Crippen LogP contribution in [0.15, 0.2) is 31.1 Å². The largest absolute Gasteiger partial charge is 0.756 e. The number of fused-ring (bicyclic) bond motifs is 1. The van der Waals surface area contributed by atoms with Gasteiger partial charge in [-0.3, -0.25) is 18.5 Å². The number of carbonyl (C=O) groups excluding carboxylic acids is 1. The van der Waals surface area contributed by atoms with Gasteiger partial charge in [0, 0.05) is 5.56 Å². The second-order valence-corrected chi connectivity index (χ2v) is 14.4. The number of carboxylic acids is 1. The van der Waals surface area contributed by atoms with E-state index in [-0.39, 0.29) is 41.0 Å². The summed E-state index contributed by atoms with van der Waals surface area (Å²) in [4.78, 5) is 57.2. The molecule has 26 heteroatoms. The average molecular weight is 766 g/mol. The zero-order valence-corrected chi connectivity index (χ0v) is 27.7. The number of nitrogens with zero attached hydrogens (tertiary/aromatic N) is 5. The average Bonchev–Trinajstić information content (AvgIpc) is 3.71. The van der Waals surface area contributed by atoms with Crippen molar-refractivity contribution in [1.29, 1.82) is 0 Å². The van der Waals surface area contributed by atoms with E-state index < -0.39 is 95.9 Å². The van der Waals surface area contributed by atoms with Crippen molar-refractivity contribution < 1.29 is 86.5 Å². The van der Waals surface area contributed by atoms with Crippen LogP contribution >= 0.6 is 15.6 Å². The lowest BCUT2D eigenvalue weighted by Gasteiger charge is -2.26. The second kappa shape index (κ2) is 15.2. The van der Waals surface area contributed by atoms with Gasteiger partial charge in [-0.15, -0.1) is 0 Å². The van der Waals surface area contributed by atoms with E-state index in [1.807, 2.05) is 0 Å². The minimum Gasteiger partial charge on any atom is -0.756 e. The van der Waals surface area contributed by atoms with Gasteiger partial charge >= 0.3 is 13.8 Å². The number of primary amides is 1. The number of aliphatic hydroxyl groups is 5. The number of carboxylic acid groups (broad SMARTS) is 1. The number of imidazole rings is 1. The molecule has 0 bridgehead atoms. The molecule has 5 heterocycles. The van der Waals surface area contributed by atoms with E-state index in [1.165, 1.54) is 23.2 Å². The summed E-state index contributed by atoms with van der Waals surface area (Å²) in [5.74, 6) is -2.37. The van der Waals surface area contributed by atoms with Crippen LogP contribution in [0, 0.1) is 0 Å². The van der Waals surface area contributed by atoms with Crippen molar-refractivity contribution in [1.82, 2.24) is 19.5 Å². The number of aryl methyl sites for hydroxylation is 1. The lowest BCUT2D eigenvalue weighted by molar-refractivity contribution is -0.766. The Labute approximate surface area is 285 Å². The van der Waals surface area contributed by atoms with Crippen LogP contribution in [0.5, 0.6) is 0 Å². The summed E-state index contributed by atoms with van der Waals surface area (Å²) in [7, 11) is -11.2. The lowest BCUT2D eigenvalue weighted by atomic mass is 10.1. The van der Waals surface area contributed by atoms with Gasteiger partial charge in [0.2, 0.25) is 0 Å². The predicted molar refractivity (Wildman–Crippen MR) is 159 cm³/mol. The van der Waals surface area contributed by atoms with Crippen LogP contribution < -0.4 is 20.9 Å². The minimum atomic E-state index is -5.70. The fourth-order valence-electron chi connectivity index (χ4n) is 5.28. The summed E-state index contributed by atoms with van der Waals surface area (Å²) in [6.07, 6.45) is -10.1. The third-order valence-electron chi connectivity index (χ3n) is 7.85. The Bertz CT molecular complexity index is 1870. The van der Waals surface area contributed by atoms with E-state index in [0.717, 1.165) is 17.1 Å². The molecule has 0 aromatic carbocycles. The fraction of sp³-hybridized carbons (Fsp3) is 0.520. The molecule has 3 aromatic heterocycles. The Hall–Kier alpha value is -3.58. The summed E-state index contributed by atoms with van der Waals surface area (Å²) < 4.78 is 51.8. The van der Waals surface area contributed by atoms with Crippen molar-refractivity contribution in [2.75, 3.05) is 18.9 Å². The summed E-state index contributed by atoms with van der Waals surface area (Å²) in [5, 5.41) is 60.6. The molecule has 280 valence electrons. The van der Waals surface area contributed by atoms with Crippen LogP contribution in [0.3, 0.4) is 0 Å². The van der Waals surface area contributed by atoms with Crippen molar-refractivity contribution in [2.24, 2.45) is 5.73 Å². The number of nitrogen functional groups attached to an aromatic ring is 1. The predicted octanol–water partition coefficient (Wildman–Crippen LogP) is -4.27. The molecule has 2 saturated heterocycles. The second-order valence-electron chi connectivity index (χ2n) is 11.4. The van der Waals surface area contributed by atoms with Gasteiger partial charge in [0.05, 0.1) is 19.5 Å². The molecular weight excluding hydrogens is 732 g/mol. The number of aliphatic carboxylic acids is 1. The first-order valence-electron chi connectivity index (χ1n) is 14.7. The number of aliphatic hydroxyl groups excluding tert-OH is 5. The normalized spacial score (nSPS) is 29.5. The number of ether oxygens (including phenoxy) is 2. The van der Waals surface area contributed by atoms with Gasteiger partial charge in [0.1, 0.15) is 47.9 Å². The minimum absolute atomic E-state index is 0.0215. The molecule has 2 aliphatic rings. The number of aromatic nitrogens is 5. The van der Waals surface area contributed by atoms with Crippen LogP contribution in [0.1, 0.15) is 34.8 Å². The van der Waals surface area contributed by atoms with Crippen molar-refractivity contribution in [3.8, 4) is 0 Å². The highest BCUT2D eigenvalue weighted by atomic mass is 31.3. The molecule has 0 saturated carbocycles. The van der Waals surface area contributed by atoms with E-state index >= 15 is 0 Å². The monoisotopic (exact) mass is 765 g/mol. The molecule has 1 amide bonds. The standard InChI is InChI=1S/C25H33N7O17P2/c26-20-15-22(29-8-28-20)32(9-30-15)24-19(37)17(35)14(48-24)7-46-51(43,44)49-50(41,42)45-6-13-16(34)18(36)23(47-13)31-4-10(1-2-12(33)25(39)40)3-11(5-31)21(27)38/h3-5,8-9,12-14,16-19,23-24,33-37H,1-2,6-7H2,(H6-,26,27,28,29,38,39,40,41,42,43,44). The molecule has 0 radical (unpaired) electrons. The van der Waals surface area contributed by atoms with Crippen molar-refractivity contribution in [3.63, 3.8) is 0 Å². The first-order valence-corrected chi connectivity index (χ1v) is 17.7. The van der Waals surface area contributed by atoms with Crippen LogP contribution in [-0.2, 0) is 43.2 Å². The molecule has 2 aliphatic heterocycles. The van der Waals surface area contributed by atoms with E-state index in [4.69, 9.17) is 26.0 Å². The maximum absolute atomic E-state index is 12.5. The fourth-order valence-corrected chi connectivity index (χ4v) is 7.33. The molecule has 51 heavy (non-hydrogen) atoms. The van der Waals surface area contributed by atoms with Crippen LogP contribution in [0.2, 0.25) is 0 Å². The first-order chi connectivity index (χ1) is 23.9. The maximum Gasteiger partial charge on any atom is 0.478 e. The smallest absolute Gasteiger partial charge is 0.478 e. The first kappa shape index (κ1) is 38.6. The number of carbonyl (C=O) groups is 2. The summed E-state index contributed by atoms with van der Waals surface area (Å²) >= 11 is 0. The SMILES string of the molecule is NC(=O)c1cc(CCC(O)C(=O)O)c[n+](C2OC(COP(=O)(O)OP(=O)([O-])OCC3OC(n4cnc5c(N)ncnc54)C(O)C3O)C(O)C2O)c1. The third kappa shape index (κ3) is 8.73. The van der Waals surface area contributed by atoms with Gasteiger partial charge in [-0.25, -0.2) is 28.6 Å². The van der Waals surface area contributed by atoms with E-state index in [9.17, 15) is 54.0 Å². The number of pyridine rings is 1. The Kier molecular flexibility index (Phi) is 11.5. The Morgan fingerprint density at radius 3 is 2.37 bits per heavy atom. The molecule has 11 unspecified atom stereocenters. The molecule has 3 aromatic rings.